The molecule has 1 aromatic heterocycles. The Bertz CT molecular complexity index is 570. The largest absolute Gasteiger partial charge is 0.379 e. The highest BCUT2D eigenvalue weighted by Gasteiger charge is 2.11. The van der Waals surface area contributed by atoms with E-state index in [1.54, 1.807) is 0 Å². The van der Waals surface area contributed by atoms with Crippen molar-refractivity contribution < 1.29 is 4.74 Å². The summed E-state index contributed by atoms with van der Waals surface area (Å²) in [4.78, 5) is 4.49. The van der Waals surface area contributed by atoms with Crippen LogP contribution in [0.2, 0.25) is 0 Å². The number of aromatic nitrogens is 1. The monoisotopic (exact) mass is 321 g/mol. The lowest BCUT2D eigenvalue weighted by Gasteiger charge is -2.27. The number of benzene rings is 1. The van der Waals surface area contributed by atoms with Crippen molar-refractivity contribution in [3.05, 3.63) is 40.5 Å². The maximum atomic E-state index is 5.34. The van der Waals surface area contributed by atoms with E-state index in [0.29, 0.717) is 0 Å². The van der Waals surface area contributed by atoms with Gasteiger partial charge in [-0.3, -0.25) is 10.4 Å². The van der Waals surface area contributed by atoms with E-state index in [-0.39, 0.29) is 0 Å². The highest BCUT2D eigenvalue weighted by Crippen LogP contribution is 2.25. The normalized spacial score (nSPS) is 16.9. The average Bonchev–Trinajstić information content (AvgIpc) is 2.48. The molecule has 0 aliphatic carbocycles. The van der Waals surface area contributed by atoms with Crippen molar-refractivity contribution in [2.75, 3.05) is 26.3 Å². The summed E-state index contributed by atoms with van der Waals surface area (Å²) >= 11 is 3.57. The Kier molecular flexibility index (Phi) is 4.08. The van der Waals surface area contributed by atoms with E-state index >= 15 is 0 Å². The summed E-state index contributed by atoms with van der Waals surface area (Å²) in [6.07, 6.45) is 1.84. The number of pyridine rings is 1. The zero-order chi connectivity index (χ0) is 13.1. The number of hydrogen-bond acceptors (Lipinski definition) is 4. The number of rotatable bonds is 3. The molecule has 4 nitrogen and oxygen atoms in total. The molecule has 1 aliphatic rings. The van der Waals surface area contributed by atoms with Gasteiger partial charge in [-0.15, -0.1) is 0 Å². The second kappa shape index (κ2) is 5.96. The van der Waals surface area contributed by atoms with E-state index < -0.39 is 0 Å². The van der Waals surface area contributed by atoms with E-state index in [0.717, 1.165) is 48.2 Å². The van der Waals surface area contributed by atoms with Gasteiger partial charge in [0.2, 0.25) is 0 Å². The first-order valence-corrected chi connectivity index (χ1v) is 7.22. The zero-order valence-electron chi connectivity index (χ0n) is 10.6. The fourth-order valence-corrected chi connectivity index (χ4v) is 2.71. The molecule has 1 aliphatic heterocycles. The van der Waals surface area contributed by atoms with E-state index in [1.807, 2.05) is 12.3 Å². The van der Waals surface area contributed by atoms with Crippen molar-refractivity contribution in [3.63, 3.8) is 0 Å². The summed E-state index contributed by atoms with van der Waals surface area (Å²) in [7, 11) is 0. The minimum Gasteiger partial charge on any atom is -0.379 e. The molecule has 0 spiro atoms. The Morgan fingerprint density at radius 1 is 1.26 bits per heavy atom. The molecular weight excluding hydrogens is 306 g/mol. The molecule has 0 amide bonds. The summed E-state index contributed by atoms with van der Waals surface area (Å²) in [6, 6.07) is 8.25. The Hall–Kier alpha value is -1.01. The maximum absolute atomic E-state index is 5.34. The van der Waals surface area contributed by atoms with Crippen molar-refractivity contribution in [1.29, 1.82) is 0 Å². The molecule has 5 heteroatoms. The maximum Gasteiger partial charge on any atom is 0.0758 e. The minimum absolute atomic E-state index is 0.792. The molecule has 100 valence electrons. The second-order valence-electron chi connectivity index (χ2n) is 4.54. The molecule has 0 radical (unpaired) electrons. The van der Waals surface area contributed by atoms with E-state index in [1.165, 1.54) is 5.56 Å². The SMILES string of the molecule is Brc1ccc(CNN2CCOCC2)c2ncccc12. The third kappa shape index (κ3) is 2.95. The highest BCUT2D eigenvalue weighted by molar-refractivity contribution is 9.10. The van der Waals surface area contributed by atoms with Gasteiger partial charge in [0, 0.05) is 35.7 Å². The van der Waals surface area contributed by atoms with Gasteiger partial charge in [-0.25, -0.2) is 5.01 Å². The van der Waals surface area contributed by atoms with Crippen LogP contribution in [0, 0.1) is 0 Å². The molecule has 0 unspecified atom stereocenters. The molecule has 1 saturated heterocycles. The minimum atomic E-state index is 0.792. The Morgan fingerprint density at radius 3 is 2.95 bits per heavy atom. The van der Waals surface area contributed by atoms with Gasteiger partial charge in [-0.2, -0.15) is 0 Å². The van der Waals surface area contributed by atoms with Crippen LogP contribution >= 0.6 is 15.9 Å². The predicted molar refractivity (Wildman–Crippen MR) is 78.7 cm³/mol. The third-order valence-corrected chi connectivity index (χ3v) is 4.00. The standard InChI is InChI=1S/C14H16BrN3O/c15-13-4-3-11(14-12(13)2-1-5-16-14)10-17-18-6-8-19-9-7-18/h1-5,17H,6-10H2. The molecular formula is C14H16BrN3O. The van der Waals surface area contributed by atoms with Crippen molar-refractivity contribution in [1.82, 2.24) is 15.4 Å². The lowest BCUT2D eigenvalue weighted by atomic mass is 10.1. The van der Waals surface area contributed by atoms with Crippen LogP contribution in [-0.2, 0) is 11.3 Å². The van der Waals surface area contributed by atoms with E-state index in [9.17, 15) is 0 Å². The second-order valence-corrected chi connectivity index (χ2v) is 5.39. The number of nitrogens with one attached hydrogen (secondary N) is 1. The van der Waals surface area contributed by atoms with Crippen LogP contribution in [0.15, 0.2) is 34.9 Å². The van der Waals surface area contributed by atoms with Crippen LogP contribution in [0.3, 0.4) is 0 Å². The molecule has 0 saturated carbocycles. The molecule has 3 rings (SSSR count). The number of ether oxygens (including phenoxy) is 1. The topological polar surface area (TPSA) is 37.4 Å². The zero-order valence-corrected chi connectivity index (χ0v) is 12.2. The number of nitrogens with zero attached hydrogens (tertiary/aromatic N) is 2. The Balaban J connectivity index is 1.79. The lowest BCUT2D eigenvalue weighted by Crippen LogP contribution is -2.45. The van der Waals surface area contributed by atoms with Crippen molar-refractivity contribution in [3.8, 4) is 0 Å². The third-order valence-electron chi connectivity index (χ3n) is 3.30. The summed E-state index contributed by atoms with van der Waals surface area (Å²) in [5.74, 6) is 0. The molecule has 1 N–H and O–H groups in total. The van der Waals surface area contributed by atoms with Crippen LogP contribution in [0.25, 0.3) is 10.9 Å². The molecule has 0 atom stereocenters. The summed E-state index contributed by atoms with van der Waals surface area (Å²) < 4.78 is 6.43. The molecule has 1 aromatic carbocycles. The van der Waals surface area contributed by atoms with Gasteiger partial charge in [0.25, 0.3) is 0 Å². The van der Waals surface area contributed by atoms with Crippen molar-refractivity contribution in [2.24, 2.45) is 0 Å². The Labute approximate surface area is 120 Å². The first-order chi connectivity index (χ1) is 9.34. The quantitative estimate of drug-likeness (QED) is 0.941. The van der Waals surface area contributed by atoms with Gasteiger partial charge in [-0.1, -0.05) is 28.1 Å². The molecule has 2 aromatic rings. The summed E-state index contributed by atoms with van der Waals surface area (Å²) in [6.45, 7) is 4.25. The number of hydrazine groups is 1. The fraction of sp³-hybridized carbons (Fsp3) is 0.357. The number of hydrogen-bond donors (Lipinski definition) is 1. The van der Waals surface area contributed by atoms with E-state index in [4.69, 9.17) is 4.74 Å². The van der Waals surface area contributed by atoms with Gasteiger partial charge in [0.1, 0.15) is 0 Å². The number of morpholine rings is 1. The van der Waals surface area contributed by atoms with Crippen molar-refractivity contribution in [2.45, 2.75) is 6.54 Å². The van der Waals surface area contributed by atoms with Gasteiger partial charge in [0.05, 0.1) is 18.7 Å². The smallest absolute Gasteiger partial charge is 0.0758 e. The van der Waals surface area contributed by atoms with Crippen LogP contribution in [0.5, 0.6) is 0 Å². The predicted octanol–water partition coefficient (Wildman–Crippen LogP) is 2.33. The number of fused-ring (bicyclic) bond motifs is 1. The van der Waals surface area contributed by atoms with Gasteiger partial charge < -0.3 is 4.74 Å². The van der Waals surface area contributed by atoms with Crippen LogP contribution in [0.4, 0.5) is 0 Å². The molecule has 2 heterocycles. The molecule has 1 fully saturated rings. The summed E-state index contributed by atoms with van der Waals surface area (Å²) in [5, 5.41) is 3.36. The van der Waals surface area contributed by atoms with Crippen LogP contribution < -0.4 is 5.43 Å². The van der Waals surface area contributed by atoms with Crippen LogP contribution in [0.1, 0.15) is 5.56 Å². The van der Waals surface area contributed by atoms with Crippen molar-refractivity contribution >= 4 is 26.8 Å². The first kappa shape index (κ1) is 13.0. The van der Waals surface area contributed by atoms with Gasteiger partial charge in [-0.05, 0) is 17.7 Å². The average molecular weight is 322 g/mol. The fourth-order valence-electron chi connectivity index (χ4n) is 2.26. The first-order valence-electron chi connectivity index (χ1n) is 6.43. The summed E-state index contributed by atoms with van der Waals surface area (Å²) in [5.41, 5.74) is 5.71. The molecule has 0 bridgehead atoms. The Morgan fingerprint density at radius 2 is 2.11 bits per heavy atom. The van der Waals surface area contributed by atoms with E-state index in [2.05, 4.69) is 49.5 Å². The molecule has 19 heavy (non-hydrogen) atoms. The lowest BCUT2D eigenvalue weighted by molar-refractivity contribution is 0.0106. The van der Waals surface area contributed by atoms with Gasteiger partial charge in [0.15, 0.2) is 0 Å². The highest BCUT2D eigenvalue weighted by atomic mass is 79.9. The van der Waals surface area contributed by atoms with Crippen LogP contribution in [-0.4, -0.2) is 36.3 Å². The van der Waals surface area contributed by atoms with Gasteiger partial charge >= 0.3 is 0 Å². The number of halogens is 1.